The van der Waals surface area contributed by atoms with E-state index >= 15 is 0 Å². The third-order valence-corrected chi connectivity index (χ3v) is 3.29. The number of benzene rings is 1. The molecule has 1 aromatic carbocycles. The highest BCUT2D eigenvalue weighted by molar-refractivity contribution is 7.90. The number of hydrogen-bond donors (Lipinski definition) is 1. The molecule has 0 aromatic heterocycles. The minimum Gasteiger partial charge on any atom is -0.268 e. The normalized spacial score (nSPS) is 14.5. The summed E-state index contributed by atoms with van der Waals surface area (Å²) in [5.41, 5.74) is 1.10. The van der Waals surface area contributed by atoms with Gasteiger partial charge in [-0.3, -0.25) is 4.79 Å². The quantitative estimate of drug-likeness (QED) is 0.776. The van der Waals surface area contributed by atoms with Crippen molar-refractivity contribution in [3.8, 4) is 0 Å². The first-order valence-electron chi connectivity index (χ1n) is 5.68. The molecule has 1 aliphatic rings. The van der Waals surface area contributed by atoms with Gasteiger partial charge in [0.1, 0.15) is 4.90 Å². The van der Waals surface area contributed by atoms with E-state index in [1.165, 1.54) is 6.07 Å². The van der Waals surface area contributed by atoms with E-state index in [2.05, 4.69) is 0 Å². The Bertz CT molecular complexity index is 492. The predicted molar refractivity (Wildman–Crippen MR) is 68.5 cm³/mol. The number of nitrogens with one attached hydrogen (secondary N) is 1. The third kappa shape index (κ3) is 3.30. The van der Waals surface area contributed by atoms with E-state index in [-0.39, 0.29) is 10.5 Å². The van der Waals surface area contributed by atoms with Crippen molar-refractivity contribution in [2.24, 2.45) is 0 Å². The molecule has 4 nitrogen and oxygen atoms in total. The summed E-state index contributed by atoms with van der Waals surface area (Å²) in [5.74, 6) is -0.543. The molecule has 0 saturated carbocycles. The standard InChI is InChI=1S/C8H7NO3S.2C2H6/c1-5-2-3-7-6(4-5)8(10)9-13(7,11)12;2*1-2/h2-4H,1H3,(H,9,10);2*1-2H3. The molecule has 0 saturated heterocycles. The summed E-state index contributed by atoms with van der Waals surface area (Å²) in [6.45, 7) is 9.80. The number of carbonyl (C=O) groups is 1. The van der Waals surface area contributed by atoms with Crippen LogP contribution < -0.4 is 4.72 Å². The predicted octanol–water partition coefficient (Wildman–Crippen LogP) is 2.48. The van der Waals surface area contributed by atoms with E-state index in [0.717, 1.165) is 5.56 Å². The van der Waals surface area contributed by atoms with Crippen LogP contribution in [-0.4, -0.2) is 14.3 Å². The summed E-state index contributed by atoms with van der Waals surface area (Å²) in [6, 6.07) is 4.67. The zero-order valence-corrected chi connectivity index (χ0v) is 11.7. The number of fused-ring (bicyclic) bond motifs is 1. The Hall–Kier alpha value is -1.36. The molecule has 1 aromatic rings. The van der Waals surface area contributed by atoms with Crippen LogP contribution in [0.4, 0.5) is 0 Å². The Labute approximate surface area is 103 Å². The lowest BCUT2D eigenvalue weighted by atomic mass is 10.1. The largest absolute Gasteiger partial charge is 0.268 e. The second-order valence-corrected chi connectivity index (χ2v) is 4.59. The fraction of sp³-hybridized carbons (Fsp3) is 0.417. The molecule has 0 bridgehead atoms. The van der Waals surface area contributed by atoms with Gasteiger partial charge < -0.3 is 0 Å². The molecule has 1 amide bonds. The Kier molecular flexibility index (Phi) is 5.88. The van der Waals surface area contributed by atoms with Gasteiger partial charge in [0, 0.05) is 0 Å². The van der Waals surface area contributed by atoms with Gasteiger partial charge in [-0.2, -0.15) is 0 Å². The Morgan fingerprint density at radius 2 is 1.59 bits per heavy atom. The van der Waals surface area contributed by atoms with Gasteiger partial charge in [0.15, 0.2) is 0 Å². The van der Waals surface area contributed by atoms with Crippen LogP contribution in [0.25, 0.3) is 0 Å². The molecule has 0 spiro atoms. The van der Waals surface area contributed by atoms with Crippen LogP contribution in [-0.2, 0) is 10.0 Å². The van der Waals surface area contributed by atoms with Gasteiger partial charge in [0.2, 0.25) is 0 Å². The van der Waals surface area contributed by atoms with Crippen LogP contribution in [0.2, 0.25) is 0 Å². The average molecular weight is 257 g/mol. The van der Waals surface area contributed by atoms with Crippen molar-refractivity contribution in [1.82, 2.24) is 4.72 Å². The van der Waals surface area contributed by atoms with E-state index in [1.807, 2.05) is 32.4 Å². The summed E-state index contributed by atoms with van der Waals surface area (Å²) < 4.78 is 24.4. The molecule has 0 aliphatic carbocycles. The van der Waals surface area contributed by atoms with Crippen LogP contribution in [0.3, 0.4) is 0 Å². The number of sulfonamides is 1. The molecule has 1 aliphatic heterocycles. The highest BCUT2D eigenvalue weighted by Gasteiger charge is 2.31. The minimum absolute atomic E-state index is 0.0723. The molecule has 17 heavy (non-hydrogen) atoms. The van der Waals surface area contributed by atoms with Crippen LogP contribution in [0.15, 0.2) is 23.1 Å². The molecule has 1 heterocycles. The maximum Gasteiger partial charge on any atom is 0.266 e. The molecule has 1 N–H and O–H groups in total. The van der Waals surface area contributed by atoms with Gasteiger partial charge in [0.25, 0.3) is 15.9 Å². The summed E-state index contributed by atoms with van der Waals surface area (Å²) in [5, 5.41) is 0. The topological polar surface area (TPSA) is 63.2 Å². The maximum atomic E-state index is 11.2. The molecular weight excluding hydrogens is 238 g/mol. The minimum atomic E-state index is -3.57. The molecular formula is C12H19NO3S. The van der Waals surface area contributed by atoms with Crippen LogP contribution in [0.1, 0.15) is 43.6 Å². The molecule has 2 rings (SSSR count). The Morgan fingerprint density at radius 1 is 1.06 bits per heavy atom. The van der Waals surface area contributed by atoms with Crippen LogP contribution in [0.5, 0.6) is 0 Å². The van der Waals surface area contributed by atoms with Crippen molar-refractivity contribution in [2.45, 2.75) is 39.5 Å². The Morgan fingerprint density at radius 3 is 2.12 bits per heavy atom. The zero-order chi connectivity index (χ0) is 13.6. The number of amides is 1. The highest BCUT2D eigenvalue weighted by Crippen LogP contribution is 2.22. The van der Waals surface area contributed by atoms with E-state index in [9.17, 15) is 13.2 Å². The van der Waals surface area contributed by atoms with Gasteiger partial charge in [-0.15, -0.1) is 0 Å². The van der Waals surface area contributed by atoms with Crippen molar-refractivity contribution in [3.05, 3.63) is 29.3 Å². The lowest BCUT2D eigenvalue weighted by molar-refractivity contribution is 0.0985. The maximum absolute atomic E-state index is 11.2. The first kappa shape index (κ1) is 15.6. The lowest BCUT2D eigenvalue weighted by Gasteiger charge is -1.95. The number of carbonyl (C=O) groups excluding carboxylic acids is 1. The van der Waals surface area contributed by atoms with Crippen LogP contribution >= 0.6 is 0 Å². The van der Waals surface area contributed by atoms with E-state index in [1.54, 1.807) is 19.1 Å². The van der Waals surface area contributed by atoms with Gasteiger partial charge in [-0.25, -0.2) is 13.1 Å². The summed E-state index contributed by atoms with van der Waals surface area (Å²) in [6.07, 6.45) is 0. The second-order valence-electron chi connectivity index (χ2n) is 2.93. The van der Waals surface area contributed by atoms with Crippen molar-refractivity contribution >= 4 is 15.9 Å². The summed E-state index contributed by atoms with van der Waals surface area (Å²) in [7, 11) is -3.57. The van der Waals surface area contributed by atoms with Crippen molar-refractivity contribution in [2.75, 3.05) is 0 Å². The summed E-state index contributed by atoms with van der Waals surface area (Å²) in [4.78, 5) is 11.2. The fourth-order valence-corrected chi connectivity index (χ4v) is 2.44. The van der Waals surface area contributed by atoms with Gasteiger partial charge in [-0.1, -0.05) is 39.3 Å². The first-order chi connectivity index (χ1) is 8.00. The van der Waals surface area contributed by atoms with Crippen molar-refractivity contribution in [3.63, 3.8) is 0 Å². The molecule has 96 valence electrons. The lowest BCUT2D eigenvalue weighted by Crippen LogP contribution is -2.20. The zero-order valence-electron chi connectivity index (χ0n) is 10.9. The van der Waals surface area contributed by atoms with Crippen molar-refractivity contribution in [1.29, 1.82) is 0 Å². The third-order valence-electron chi connectivity index (χ3n) is 1.90. The second kappa shape index (κ2) is 6.39. The number of aryl methyl sites for hydroxylation is 1. The van der Waals surface area contributed by atoms with Gasteiger partial charge >= 0.3 is 0 Å². The molecule has 5 heteroatoms. The van der Waals surface area contributed by atoms with Gasteiger partial charge in [0.05, 0.1) is 5.56 Å². The average Bonchev–Trinajstić information content (AvgIpc) is 2.54. The van der Waals surface area contributed by atoms with E-state index in [0.29, 0.717) is 0 Å². The van der Waals surface area contributed by atoms with Crippen LogP contribution in [0, 0.1) is 6.92 Å². The van der Waals surface area contributed by atoms with E-state index in [4.69, 9.17) is 0 Å². The Balaban J connectivity index is 0.000000581. The first-order valence-corrected chi connectivity index (χ1v) is 7.17. The van der Waals surface area contributed by atoms with Gasteiger partial charge in [-0.05, 0) is 19.1 Å². The number of hydrogen-bond acceptors (Lipinski definition) is 3. The SMILES string of the molecule is CC.CC.Cc1ccc2c(c1)C(=O)NS2(=O)=O. The molecule has 0 radical (unpaired) electrons. The monoisotopic (exact) mass is 257 g/mol. The van der Waals surface area contributed by atoms with E-state index < -0.39 is 15.9 Å². The summed E-state index contributed by atoms with van der Waals surface area (Å²) >= 11 is 0. The molecule has 0 unspecified atom stereocenters. The van der Waals surface area contributed by atoms with Crippen molar-refractivity contribution < 1.29 is 13.2 Å². The molecule has 0 fully saturated rings. The fourth-order valence-electron chi connectivity index (χ4n) is 1.29. The molecule has 0 atom stereocenters. The smallest absolute Gasteiger partial charge is 0.266 e. The highest BCUT2D eigenvalue weighted by atomic mass is 32.2. The number of rotatable bonds is 0.